The van der Waals surface area contributed by atoms with Gasteiger partial charge in [-0.3, -0.25) is 0 Å². The van der Waals surface area contributed by atoms with Gasteiger partial charge in [-0.1, -0.05) is 6.92 Å². The zero-order chi connectivity index (χ0) is 15.5. The van der Waals surface area contributed by atoms with Crippen molar-refractivity contribution in [3.05, 3.63) is 23.8 Å². The average Bonchev–Trinajstić information content (AvgIpc) is 2.48. The van der Waals surface area contributed by atoms with Crippen molar-refractivity contribution in [3.8, 4) is 0 Å². The zero-order valence-corrected chi connectivity index (χ0v) is 13.2. The minimum Gasteiger partial charge on any atom is -0.478 e. The van der Waals surface area contributed by atoms with Gasteiger partial charge < -0.3 is 9.84 Å². The van der Waals surface area contributed by atoms with E-state index in [9.17, 15) is 18.3 Å². The molecule has 1 aliphatic rings. The van der Waals surface area contributed by atoms with Gasteiger partial charge in [0.15, 0.2) is 0 Å². The average molecular weight is 331 g/mol. The maximum Gasteiger partial charge on any atom is 0.336 e. The number of carboxylic acids is 1. The second kappa shape index (κ2) is 6.78. The molecule has 0 spiro atoms. The number of carboxylic acid groups (broad SMARTS) is 1. The molecule has 6 nitrogen and oxygen atoms in total. The molecule has 1 fully saturated rings. The van der Waals surface area contributed by atoms with Crippen LogP contribution in [0.15, 0.2) is 28.0 Å². The Hall–Kier alpha value is -1.09. The van der Waals surface area contributed by atoms with Crippen LogP contribution in [0.1, 0.15) is 17.3 Å². The van der Waals surface area contributed by atoms with Gasteiger partial charge in [-0.15, -0.1) is 11.8 Å². The van der Waals surface area contributed by atoms with E-state index in [2.05, 4.69) is 0 Å². The fourth-order valence-corrected chi connectivity index (χ4v) is 4.27. The first kappa shape index (κ1) is 16.3. The normalized spacial score (nSPS) is 16.8. The molecule has 1 aromatic carbocycles. The number of carbonyl (C=O) groups is 1. The molecule has 21 heavy (non-hydrogen) atoms. The largest absolute Gasteiger partial charge is 0.478 e. The molecule has 0 unspecified atom stereocenters. The van der Waals surface area contributed by atoms with Crippen LogP contribution in [0.2, 0.25) is 0 Å². The van der Waals surface area contributed by atoms with Crippen molar-refractivity contribution in [1.29, 1.82) is 0 Å². The van der Waals surface area contributed by atoms with Gasteiger partial charge in [-0.2, -0.15) is 4.31 Å². The van der Waals surface area contributed by atoms with Crippen LogP contribution in [0.4, 0.5) is 0 Å². The van der Waals surface area contributed by atoms with Crippen molar-refractivity contribution in [3.63, 3.8) is 0 Å². The Morgan fingerprint density at radius 3 is 2.62 bits per heavy atom. The molecule has 0 radical (unpaired) electrons. The Balaban J connectivity index is 2.39. The van der Waals surface area contributed by atoms with E-state index in [1.165, 1.54) is 28.2 Å². The van der Waals surface area contributed by atoms with Gasteiger partial charge in [0.1, 0.15) is 0 Å². The molecular formula is C13H17NO5S2. The van der Waals surface area contributed by atoms with Gasteiger partial charge in [0, 0.05) is 18.0 Å². The van der Waals surface area contributed by atoms with E-state index in [0.717, 1.165) is 5.75 Å². The first-order valence-electron chi connectivity index (χ1n) is 6.55. The Bertz CT molecular complexity index is 623. The van der Waals surface area contributed by atoms with Crippen LogP contribution in [0, 0.1) is 0 Å². The summed E-state index contributed by atoms with van der Waals surface area (Å²) in [5.41, 5.74) is 0.0242. The molecule has 1 heterocycles. The maximum absolute atomic E-state index is 12.5. The molecule has 8 heteroatoms. The highest BCUT2D eigenvalue weighted by Gasteiger charge is 2.27. The van der Waals surface area contributed by atoms with Gasteiger partial charge >= 0.3 is 5.97 Å². The molecule has 116 valence electrons. The Kier molecular flexibility index (Phi) is 5.26. The summed E-state index contributed by atoms with van der Waals surface area (Å²) < 4.78 is 31.5. The first-order chi connectivity index (χ1) is 9.96. The quantitative estimate of drug-likeness (QED) is 0.824. The summed E-state index contributed by atoms with van der Waals surface area (Å²) in [7, 11) is -3.67. The minimum atomic E-state index is -3.67. The summed E-state index contributed by atoms with van der Waals surface area (Å²) in [6, 6.07) is 4.27. The Morgan fingerprint density at radius 2 is 2.05 bits per heavy atom. The summed E-state index contributed by atoms with van der Waals surface area (Å²) in [6.07, 6.45) is 0. The predicted octanol–water partition coefficient (Wildman–Crippen LogP) is 1.52. The first-order valence-corrected chi connectivity index (χ1v) is 8.97. The zero-order valence-electron chi connectivity index (χ0n) is 11.6. The predicted molar refractivity (Wildman–Crippen MR) is 79.4 cm³/mol. The van der Waals surface area contributed by atoms with Crippen LogP contribution in [-0.4, -0.2) is 55.9 Å². The number of rotatable bonds is 5. The SMILES string of the molecule is CCSc1ccc(S(=O)(=O)N2CCOCC2)cc1C(=O)O. The van der Waals surface area contributed by atoms with Crippen molar-refractivity contribution >= 4 is 27.8 Å². The molecule has 1 N–H and O–H groups in total. The van der Waals surface area contributed by atoms with E-state index in [4.69, 9.17) is 4.74 Å². The molecular weight excluding hydrogens is 314 g/mol. The second-order valence-electron chi connectivity index (χ2n) is 4.41. The van der Waals surface area contributed by atoms with E-state index >= 15 is 0 Å². The number of benzene rings is 1. The van der Waals surface area contributed by atoms with E-state index in [1.54, 1.807) is 6.07 Å². The maximum atomic E-state index is 12.5. The van der Waals surface area contributed by atoms with Crippen LogP contribution in [0.25, 0.3) is 0 Å². The third kappa shape index (κ3) is 3.57. The number of ether oxygens (including phenoxy) is 1. The van der Waals surface area contributed by atoms with Gasteiger partial charge in [0.2, 0.25) is 10.0 Å². The highest BCUT2D eigenvalue weighted by atomic mass is 32.2. The van der Waals surface area contributed by atoms with Crippen LogP contribution in [0.5, 0.6) is 0 Å². The topological polar surface area (TPSA) is 83.9 Å². The van der Waals surface area contributed by atoms with Crippen LogP contribution < -0.4 is 0 Å². The lowest BCUT2D eigenvalue weighted by Crippen LogP contribution is -2.40. The molecule has 0 aromatic heterocycles. The molecule has 0 bridgehead atoms. The van der Waals surface area contributed by atoms with Gasteiger partial charge in [0.25, 0.3) is 0 Å². The molecule has 0 amide bonds. The summed E-state index contributed by atoms with van der Waals surface area (Å²) in [5.74, 6) is -0.402. The standard InChI is InChI=1S/C13H17NO5S2/c1-2-20-12-4-3-10(9-11(12)13(15)16)21(17,18)14-5-7-19-8-6-14/h3-4,9H,2,5-8H2,1H3,(H,15,16). The number of morpholine rings is 1. The van der Waals surface area contributed by atoms with Gasteiger partial charge in [0.05, 0.1) is 23.7 Å². The van der Waals surface area contributed by atoms with E-state index in [0.29, 0.717) is 18.1 Å². The minimum absolute atomic E-state index is 0.0160. The van der Waals surface area contributed by atoms with Crippen molar-refractivity contribution in [1.82, 2.24) is 4.31 Å². The van der Waals surface area contributed by atoms with E-state index < -0.39 is 16.0 Å². The summed E-state index contributed by atoms with van der Waals surface area (Å²) in [4.78, 5) is 11.9. The summed E-state index contributed by atoms with van der Waals surface area (Å²) in [5, 5.41) is 9.25. The van der Waals surface area contributed by atoms with Gasteiger partial charge in [-0.05, 0) is 24.0 Å². The molecule has 0 saturated carbocycles. The molecule has 1 saturated heterocycles. The fourth-order valence-electron chi connectivity index (χ4n) is 2.05. The Morgan fingerprint density at radius 1 is 1.38 bits per heavy atom. The fraction of sp³-hybridized carbons (Fsp3) is 0.462. The Labute approximate surface area is 128 Å². The molecule has 1 aliphatic heterocycles. The lowest BCUT2D eigenvalue weighted by Gasteiger charge is -2.26. The van der Waals surface area contributed by atoms with Gasteiger partial charge in [-0.25, -0.2) is 13.2 Å². The number of hydrogen-bond acceptors (Lipinski definition) is 5. The summed E-state index contributed by atoms with van der Waals surface area (Å²) in [6.45, 7) is 3.20. The number of sulfonamides is 1. The third-order valence-electron chi connectivity index (χ3n) is 3.09. The summed E-state index contributed by atoms with van der Waals surface area (Å²) >= 11 is 1.38. The highest BCUT2D eigenvalue weighted by molar-refractivity contribution is 7.99. The number of thioether (sulfide) groups is 1. The van der Waals surface area contributed by atoms with Crippen molar-refractivity contribution < 1.29 is 23.1 Å². The highest BCUT2D eigenvalue weighted by Crippen LogP contribution is 2.27. The lowest BCUT2D eigenvalue weighted by molar-refractivity contribution is 0.0692. The molecule has 1 aromatic rings. The van der Waals surface area contributed by atoms with Crippen molar-refractivity contribution in [2.24, 2.45) is 0 Å². The van der Waals surface area contributed by atoms with Crippen molar-refractivity contribution in [2.45, 2.75) is 16.7 Å². The monoisotopic (exact) mass is 331 g/mol. The third-order valence-corrected chi connectivity index (χ3v) is 5.94. The molecule has 2 rings (SSSR count). The number of hydrogen-bond donors (Lipinski definition) is 1. The number of aromatic carboxylic acids is 1. The van der Waals surface area contributed by atoms with Crippen LogP contribution >= 0.6 is 11.8 Å². The van der Waals surface area contributed by atoms with Crippen LogP contribution in [-0.2, 0) is 14.8 Å². The van der Waals surface area contributed by atoms with Crippen LogP contribution in [0.3, 0.4) is 0 Å². The second-order valence-corrected chi connectivity index (χ2v) is 7.66. The van der Waals surface area contributed by atoms with E-state index in [-0.39, 0.29) is 23.5 Å². The number of nitrogens with zero attached hydrogens (tertiary/aromatic N) is 1. The van der Waals surface area contributed by atoms with E-state index in [1.807, 2.05) is 6.92 Å². The smallest absolute Gasteiger partial charge is 0.336 e. The lowest BCUT2D eigenvalue weighted by atomic mass is 10.2. The molecule has 0 atom stereocenters. The van der Waals surface area contributed by atoms with Crippen molar-refractivity contribution in [2.75, 3.05) is 32.1 Å². The molecule has 0 aliphatic carbocycles.